The Kier molecular flexibility index (Phi) is 5.46. The molecule has 1 aliphatic rings. The van der Waals surface area contributed by atoms with Gasteiger partial charge in [0.2, 0.25) is 5.78 Å². The highest BCUT2D eigenvalue weighted by molar-refractivity contribution is 6.32. The van der Waals surface area contributed by atoms with Crippen LogP contribution in [-0.4, -0.2) is 24.5 Å². The number of ether oxygens (including phenoxy) is 3. The first-order valence-corrected chi connectivity index (χ1v) is 8.57. The number of carbonyl (C=O) groups excluding carboxylic acids is 2. The number of esters is 1. The van der Waals surface area contributed by atoms with Gasteiger partial charge in [0.05, 0.1) is 16.7 Å². The number of carbonyl (C=O) groups is 2. The molecule has 0 radical (unpaired) electrons. The highest BCUT2D eigenvalue weighted by atomic mass is 35.5. The molecule has 0 saturated carbocycles. The van der Waals surface area contributed by atoms with Crippen molar-refractivity contribution >= 4 is 29.4 Å². The van der Waals surface area contributed by atoms with E-state index in [1.54, 1.807) is 19.9 Å². The lowest BCUT2D eigenvalue weighted by Crippen LogP contribution is -2.18. The maximum absolute atomic E-state index is 13.9. The molecule has 2 aromatic carbocycles. The van der Waals surface area contributed by atoms with Gasteiger partial charge in [-0.2, -0.15) is 0 Å². The molecule has 0 bridgehead atoms. The molecule has 0 spiro atoms. The molecule has 5 nitrogen and oxygen atoms in total. The summed E-state index contributed by atoms with van der Waals surface area (Å²) in [6.07, 6.45) is 1.03. The minimum Gasteiger partial charge on any atom is -0.482 e. The van der Waals surface area contributed by atoms with Crippen LogP contribution in [0.5, 0.6) is 11.5 Å². The lowest BCUT2D eigenvalue weighted by atomic mass is 10.1. The van der Waals surface area contributed by atoms with Crippen LogP contribution >= 0.6 is 11.6 Å². The first kappa shape index (κ1) is 18.9. The normalized spacial score (nSPS) is 14.3. The maximum Gasteiger partial charge on any atom is 0.344 e. The summed E-state index contributed by atoms with van der Waals surface area (Å²) in [5.74, 6) is -0.906. The molecule has 27 heavy (non-hydrogen) atoms. The minimum atomic E-state index is -0.560. The van der Waals surface area contributed by atoms with E-state index in [4.69, 9.17) is 25.8 Å². The number of hydrogen-bond acceptors (Lipinski definition) is 5. The summed E-state index contributed by atoms with van der Waals surface area (Å²) in [7, 11) is 0. The summed E-state index contributed by atoms with van der Waals surface area (Å²) in [5.41, 5.74) is 0.383. The fourth-order valence-corrected chi connectivity index (χ4v) is 2.69. The Bertz CT molecular complexity index is 916. The molecule has 0 fully saturated rings. The Morgan fingerprint density at radius 3 is 2.78 bits per heavy atom. The molecule has 0 aromatic heterocycles. The van der Waals surface area contributed by atoms with Gasteiger partial charge in [-0.25, -0.2) is 9.18 Å². The average molecular weight is 391 g/mol. The number of rotatable bonds is 5. The zero-order chi connectivity index (χ0) is 19.6. The summed E-state index contributed by atoms with van der Waals surface area (Å²) in [6, 6.07) is 8.78. The van der Waals surface area contributed by atoms with Crippen LogP contribution in [0.1, 0.15) is 29.8 Å². The Morgan fingerprint density at radius 1 is 1.30 bits per heavy atom. The van der Waals surface area contributed by atoms with E-state index in [0.717, 1.165) is 0 Å². The smallest absolute Gasteiger partial charge is 0.344 e. The van der Waals surface area contributed by atoms with Crippen molar-refractivity contribution in [3.8, 4) is 11.5 Å². The van der Waals surface area contributed by atoms with Gasteiger partial charge in [-0.15, -0.1) is 0 Å². The van der Waals surface area contributed by atoms with Crippen molar-refractivity contribution in [3.63, 3.8) is 0 Å². The molecule has 0 amide bonds. The molecule has 0 atom stereocenters. The quantitative estimate of drug-likeness (QED) is 0.558. The first-order valence-electron chi connectivity index (χ1n) is 8.19. The highest BCUT2D eigenvalue weighted by Gasteiger charge is 2.28. The van der Waals surface area contributed by atoms with Crippen LogP contribution in [0.3, 0.4) is 0 Å². The van der Waals surface area contributed by atoms with Crippen LogP contribution in [0, 0.1) is 5.82 Å². The van der Waals surface area contributed by atoms with Crippen LogP contribution in [0.15, 0.2) is 42.2 Å². The fourth-order valence-electron chi connectivity index (χ4n) is 2.48. The Morgan fingerprint density at radius 2 is 2.07 bits per heavy atom. The molecular formula is C20H16ClFO5. The van der Waals surface area contributed by atoms with Crippen molar-refractivity contribution in [1.82, 2.24) is 0 Å². The lowest BCUT2D eigenvalue weighted by Gasteiger charge is -2.09. The summed E-state index contributed by atoms with van der Waals surface area (Å²) in [5, 5.41) is 0.169. The van der Waals surface area contributed by atoms with Gasteiger partial charge >= 0.3 is 5.97 Å². The van der Waals surface area contributed by atoms with Gasteiger partial charge in [0.15, 0.2) is 12.4 Å². The number of Topliss-reactive ketones (excluding diaryl/α,β-unsaturated/α-hetero) is 1. The van der Waals surface area contributed by atoms with Gasteiger partial charge in [0.1, 0.15) is 17.3 Å². The van der Waals surface area contributed by atoms with Crippen LogP contribution < -0.4 is 9.47 Å². The lowest BCUT2D eigenvalue weighted by molar-refractivity contribution is -0.149. The number of halogens is 2. The van der Waals surface area contributed by atoms with Gasteiger partial charge in [-0.3, -0.25) is 4.79 Å². The Labute approximate surface area is 160 Å². The number of hydrogen-bond donors (Lipinski definition) is 0. The van der Waals surface area contributed by atoms with Gasteiger partial charge in [-0.1, -0.05) is 17.7 Å². The number of fused-ring (bicyclic) bond motifs is 1. The molecule has 1 heterocycles. The van der Waals surface area contributed by atoms with E-state index in [-0.39, 0.29) is 34.8 Å². The van der Waals surface area contributed by atoms with Crippen molar-refractivity contribution in [2.75, 3.05) is 6.61 Å². The van der Waals surface area contributed by atoms with Gasteiger partial charge in [0.25, 0.3) is 0 Å². The highest BCUT2D eigenvalue weighted by Crippen LogP contribution is 2.35. The van der Waals surface area contributed by atoms with E-state index >= 15 is 0 Å². The second-order valence-electron chi connectivity index (χ2n) is 6.06. The molecule has 3 rings (SSSR count). The van der Waals surface area contributed by atoms with Crippen LogP contribution in [0.4, 0.5) is 4.39 Å². The van der Waals surface area contributed by atoms with E-state index in [9.17, 15) is 14.0 Å². The van der Waals surface area contributed by atoms with Crippen molar-refractivity contribution in [3.05, 3.63) is 64.1 Å². The van der Waals surface area contributed by atoms with Crippen molar-refractivity contribution in [2.24, 2.45) is 0 Å². The second-order valence-corrected chi connectivity index (χ2v) is 6.47. The molecule has 0 unspecified atom stereocenters. The zero-order valence-corrected chi connectivity index (χ0v) is 15.4. The monoisotopic (exact) mass is 390 g/mol. The van der Waals surface area contributed by atoms with E-state index in [2.05, 4.69) is 0 Å². The minimum absolute atomic E-state index is 0.0478. The van der Waals surface area contributed by atoms with Crippen LogP contribution in [0.25, 0.3) is 6.08 Å². The third-order valence-electron chi connectivity index (χ3n) is 3.64. The molecule has 0 saturated heterocycles. The molecular weight excluding hydrogens is 375 g/mol. The third-order valence-corrected chi connectivity index (χ3v) is 3.97. The maximum atomic E-state index is 13.9. The predicted molar refractivity (Wildman–Crippen MR) is 97.5 cm³/mol. The van der Waals surface area contributed by atoms with Crippen LogP contribution in [-0.2, 0) is 9.53 Å². The van der Waals surface area contributed by atoms with E-state index in [0.29, 0.717) is 11.3 Å². The van der Waals surface area contributed by atoms with Crippen LogP contribution in [0.2, 0.25) is 5.02 Å². The molecule has 0 aliphatic carbocycles. The van der Waals surface area contributed by atoms with E-state index in [1.807, 2.05) is 0 Å². The van der Waals surface area contributed by atoms with Crippen molar-refractivity contribution in [2.45, 2.75) is 20.0 Å². The van der Waals surface area contributed by atoms with Crippen molar-refractivity contribution < 1.29 is 28.2 Å². The number of allylic oxidation sites excluding steroid dienone is 1. The molecule has 2 aromatic rings. The topological polar surface area (TPSA) is 61.8 Å². The number of benzene rings is 2. The molecule has 140 valence electrons. The molecule has 0 N–H and O–H groups in total. The van der Waals surface area contributed by atoms with Gasteiger partial charge < -0.3 is 14.2 Å². The Balaban J connectivity index is 1.77. The van der Waals surface area contributed by atoms with E-state index < -0.39 is 17.6 Å². The predicted octanol–water partition coefficient (Wildman–Crippen LogP) is 4.43. The summed E-state index contributed by atoms with van der Waals surface area (Å²) in [4.78, 5) is 24.0. The summed E-state index contributed by atoms with van der Waals surface area (Å²) >= 11 is 5.98. The van der Waals surface area contributed by atoms with E-state index in [1.165, 1.54) is 36.4 Å². The Hall–Kier alpha value is -2.86. The largest absolute Gasteiger partial charge is 0.482 e. The van der Waals surface area contributed by atoms with Gasteiger partial charge in [0, 0.05) is 11.6 Å². The second kappa shape index (κ2) is 7.80. The summed E-state index contributed by atoms with van der Waals surface area (Å²) < 4.78 is 29.8. The SMILES string of the molecule is CC(C)OC(=O)COc1ccc2c(c1)OC(=Cc1c(F)cccc1Cl)C2=O. The van der Waals surface area contributed by atoms with Crippen molar-refractivity contribution in [1.29, 1.82) is 0 Å². The average Bonchev–Trinajstić information content (AvgIpc) is 2.91. The first-order chi connectivity index (χ1) is 12.8. The standard InChI is InChI=1S/C20H16ClFO5/c1-11(2)26-19(23)10-25-12-6-7-13-17(8-12)27-18(20(13)24)9-14-15(21)4-3-5-16(14)22/h3-9,11H,10H2,1-2H3. The third kappa shape index (κ3) is 4.28. The van der Waals surface area contributed by atoms with Gasteiger partial charge in [-0.05, 0) is 44.2 Å². The molecule has 7 heteroatoms. The fraction of sp³-hybridized carbons (Fsp3) is 0.200. The molecule has 1 aliphatic heterocycles. The number of ketones is 1. The summed E-state index contributed by atoms with van der Waals surface area (Å²) in [6.45, 7) is 3.21. The zero-order valence-electron chi connectivity index (χ0n) is 14.6.